The van der Waals surface area contributed by atoms with Crippen molar-refractivity contribution < 1.29 is 17.6 Å². The predicted octanol–water partition coefficient (Wildman–Crippen LogP) is 2.48. The van der Waals surface area contributed by atoms with E-state index in [9.17, 15) is 13.2 Å². The third-order valence-electron chi connectivity index (χ3n) is 4.60. The smallest absolute Gasteiger partial charge is 0.277 e. The van der Waals surface area contributed by atoms with Crippen molar-refractivity contribution in [3.63, 3.8) is 0 Å². The maximum absolute atomic E-state index is 12.6. The summed E-state index contributed by atoms with van der Waals surface area (Å²) in [5, 5.41) is 7.98. The van der Waals surface area contributed by atoms with E-state index in [-0.39, 0.29) is 23.5 Å². The molecule has 1 saturated heterocycles. The first-order valence-corrected chi connectivity index (χ1v) is 11.4. The molecule has 0 radical (unpaired) electrons. The zero-order chi connectivity index (χ0) is 19.8. The monoisotopic (exact) mass is 409 g/mol. The number of nitrogens with zero attached hydrogens (tertiary/aromatic N) is 3. The molecule has 146 valence electrons. The van der Waals surface area contributed by atoms with Crippen LogP contribution in [0.4, 0.5) is 0 Å². The number of thioether (sulfide) groups is 1. The van der Waals surface area contributed by atoms with E-state index in [1.807, 2.05) is 26.0 Å². The Kier molecular flexibility index (Phi) is 5.62. The summed E-state index contributed by atoms with van der Waals surface area (Å²) < 4.78 is 29.0. The van der Waals surface area contributed by atoms with Crippen LogP contribution < -0.4 is 0 Å². The Morgan fingerprint density at radius 3 is 2.52 bits per heavy atom. The fraction of sp³-hybridized carbons (Fsp3) is 0.500. The summed E-state index contributed by atoms with van der Waals surface area (Å²) in [7, 11) is -1.38. The highest BCUT2D eigenvalue weighted by Crippen LogP contribution is 2.28. The minimum absolute atomic E-state index is 0.0318. The van der Waals surface area contributed by atoms with E-state index in [1.165, 1.54) is 16.7 Å². The van der Waals surface area contributed by atoms with Crippen molar-refractivity contribution >= 4 is 27.5 Å². The molecule has 3 rings (SSSR count). The lowest BCUT2D eigenvalue weighted by Gasteiger charge is -2.25. The number of aromatic nitrogens is 2. The second kappa shape index (κ2) is 7.63. The predicted molar refractivity (Wildman–Crippen MR) is 104 cm³/mol. The van der Waals surface area contributed by atoms with Crippen molar-refractivity contribution in [1.29, 1.82) is 0 Å². The molecule has 1 aromatic carbocycles. The first kappa shape index (κ1) is 19.9. The Morgan fingerprint density at radius 2 is 1.93 bits per heavy atom. The quantitative estimate of drug-likeness (QED) is 0.700. The van der Waals surface area contributed by atoms with Crippen molar-refractivity contribution in [2.24, 2.45) is 0 Å². The standard InChI is InChI=1S/C18H23N3O4S2/c1-11-7-12(2)9-14(8-11)16-19-20-18(25-16)26-13(3)17(22)21(4)15-5-6-27(23,24)10-15/h7-9,13,15H,5-6,10H2,1-4H3/t13-,15-/m0/s1. The minimum Gasteiger partial charge on any atom is -0.411 e. The van der Waals surface area contributed by atoms with Crippen molar-refractivity contribution in [2.45, 2.75) is 43.7 Å². The van der Waals surface area contributed by atoms with Gasteiger partial charge in [0.05, 0.1) is 16.8 Å². The Morgan fingerprint density at radius 1 is 1.26 bits per heavy atom. The van der Waals surface area contributed by atoms with Gasteiger partial charge in [-0.05, 0) is 39.3 Å². The van der Waals surface area contributed by atoms with Crippen LogP contribution in [-0.2, 0) is 14.6 Å². The highest BCUT2D eigenvalue weighted by molar-refractivity contribution is 8.00. The molecular formula is C18H23N3O4S2. The van der Waals surface area contributed by atoms with E-state index in [2.05, 4.69) is 16.3 Å². The van der Waals surface area contributed by atoms with Crippen LogP contribution in [0.3, 0.4) is 0 Å². The van der Waals surface area contributed by atoms with Gasteiger partial charge in [-0.15, -0.1) is 10.2 Å². The van der Waals surface area contributed by atoms with Crippen LogP contribution in [0.25, 0.3) is 11.5 Å². The zero-order valence-electron chi connectivity index (χ0n) is 15.8. The van der Waals surface area contributed by atoms with E-state index < -0.39 is 15.1 Å². The zero-order valence-corrected chi connectivity index (χ0v) is 17.4. The molecule has 2 aromatic rings. The van der Waals surface area contributed by atoms with Crippen LogP contribution in [0.15, 0.2) is 27.8 Å². The van der Waals surface area contributed by atoms with E-state index in [4.69, 9.17) is 4.42 Å². The first-order chi connectivity index (χ1) is 12.6. The molecule has 27 heavy (non-hydrogen) atoms. The lowest BCUT2D eigenvalue weighted by atomic mass is 10.1. The Balaban J connectivity index is 1.67. The van der Waals surface area contributed by atoms with Gasteiger partial charge in [0.15, 0.2) is 9.84 Å². The molecule has 0 bridgehead atoms. The van der Waals surface area contributed by atoms with Crippen molar-refractivity contribution in [3.8, 4) is 11.5 Å². The summed E-state index contributed by atoms with van der Waals surface area (Å²) >= 11 is 1.18. The van der Waals surface area contributed by atoms with Gasteiger partial charge in [0.1, 0.15) is 0 Å². The van der Waals surface area contributed by atoms with Gasteiger partial charge in [0, 0.05) is 18.7 Å². The highest BCUT2D eigenvalue weighted by atomic mass is 32.2. The summed E-state index contributed by atoms with van der Waals surface area (Å²) in [5.41, 5.74) is 3.06. The summed E-state index contributed by atoms with van der Waals surface area (Å²) in [6.45, 7) is 5.76. The molecule has 7 nitrogen and oxygen atoms in total. The van der Waals surface area contributed by atoms with Gasteiger partial charge in [-0.3, -0.25) is 4.79 Å². The number of benzene rings is 1. The van der Waals surface area contributed by atoms with Crippen LogP contribution in [-0.4, -0.2) is 59.3 Å². The highest BCUT2D eigenvalue weighted by Gasteiger charge is 2.34. The number of amides is 1. The van der Waals surface area contributed by atoms with Crippen molar-refractivity contribution in [2.75, 3.05) is 18.6 Å². The summed E-state index contributed by atoms with van der Waals surface area (Å²) in [6.07, 6.45) is 0.485. The van der Waals surface area contributed by atoms with Crippen LogP contribution in [0.1, 0.15) is 24.5 Å². The second-order valence-electron chi connectivity index (χ2n) is 7.02. The molecule has 2 heterocycles. The van der Waals surface area contributed by atoms with Gasteiger partial charge in [-0.2, -0.15) is 0 Å². The second-order valence-corrected chi connectivity index (χ2v) is 10.5. The van der Waals surface area contributed by atoms with Crippen molar-refractivity contribution in [1.82, 2.24) is 15.1 Å². The van der Waals surface area contributed by atoms with Gasteiger partial charge in [-0.1, -0.05) is 29.0 Å². The molecule has 1 fully saturated rings. The molecule has 1 aliphatic rings. The number of sulfone groups is 1. The lowest BCUT2D eigenvalue weighted by molar-refractivity contribution is -0.130. The molecule has 2 atom stereocenters. The third-order valence-corrected chi connectivity index (χ3v) is 7.28. The molecule has 9 heteroatoms. The molecule has 0 N–H and O–H groups in total. The topological polar surface area (TPSA) is 93.4 Å². The number of carbonyl (C=O) groups excluding carboxylic acids is 1. The van der Waals surface area contributed by atoms with E-state index in [1.54, 1.807) is 14.0 Å². The number of carbonyl (C=O) groups is 1. The van der Waals surface area contributed by atoms with Gasteiger partial charge in [0.2, 0.25) is 11.8 Å². The summed E-state index contributed by atoms with van der Waals surface area (Å²) in [6, 6.07) is 5.74. The van der Waals surface area contributed by atoms with Gasteiger partial charge in [-0.25, -0.2) is 8.42 Å². The largest absolute Gasteiger partial charge is 0.411 e. The summed E-state index contributed by atoms with van der Waals surface area (Å²) in [4.78, 5) is 14.2. The SMILES string of the molecule is Cc1cc(C)cc(-c2nnc(S[C@@H](C)C(=O)N(C)[C@H]3CCS(=O)(=O)C3)o2)c1. The van der Waals surface area contributed by atoms with Gasteiger partial charge >= 0.3 is 0 Å². The maximum atomic E-state index is 12.6. The van der Waals surface area contributed by atoms with Crippen LogP contribution >= 0.6 is 11.8 Å². The fourth-order valence-corrected chi connectivity index (χ4v) is 5.78. The van der Waals surface area contributed by atoms with E-state index in [0.29, 0.717) is 17.5 Å². The minimum atomic E-state index is -3.03. The van der Waals surface area contributed by atoms with Gasteiger partial charge < -0.3 is 9.32 Å². The number of hydrogen-bond donors (Lipinski definition) is 0. The Hall–Kier alpha value is -1.87. The Bertz CT molecular complexity index is 935. The Labute approximate surface area is 163 Å². The molecule has 0 aliphatic carbocycles. The van der Waals surface area contributed by atoms with Crippen LogP contribution in [0.2, 0.25) is 0 Å². The third kappa shape index (κ3) is 4.70. The number of aryl methyl sites for hydroxylation is 2. The van der Waals surface area contributed by atoms with Gasteiger partial charge in [0.25, 0.3) is 5.22 Å². The normalized spacial score (nSPS) is 19.8. The van der Waals surface area contributed by atoms with Crippen LogP contribution in [0, 0.1) is 13.8 Å². The van der Waals surface area contributed by atoms with E-state index >= 15 is 0 Å². The summed E-state index contributed by atoms with van der Waals surface area (Å²) in [5.74, 6) is 0.441. The van der Waals surface area contributed by atoms with Crippen LogP contribution in [0.5, 0.6) is 0 Å². The fourth-order valence-electron chi connectivity index (χ4n) is 3.22. The average molecular weight is 410 g/mol. The molecule has 1 aliphatic heterocycles. The molecule has 0 spiro atoms. The van der Waals surface area contributed by atoms with E-state index in [0.717, 1.165) is 16.7 Å². The first-order valence-electron chi connectivity index (χ1n) is 8.70. The molecule has 0 saturated carbocycles. The lowest BCUT2D eigenvalue weighted by Crippen LogP contribution is -2.41. The maximum Gasteiger partial charge on any atom is 0.277 e. The molecule has 1 amide bonds. The molecular weight excluding hydrogens is 386 g/mol. The van der Waals surface area contributed by atoms with Crippen molar-refractivity contribution in [3.05, 3.63) is 29.3 Å². The number of rotatable bonds is 5. The molecule has 0 unspecified atom stereocenters. The molecule has 1 aromatic heterocycles. The average Bonchev–Trinajstić information content (AvgIpc) is 3.19. The number of hydrogen-bond acceptors (Lipinski definition) is 7.